The van der Waals surface area contributed by atoms with Crippen LogP contribution in [0.3, 0.4) is 0 Å². The summed E-state index contributed by atoms with van der Waals surface area (Å²) >= 11 is 1.51. The lowest BCUT2D eigenvalue weighted by atomic mass is 10.1. The lowest BCUT2D eigenvalue weighted by molar-refractivity contribution is 0.0975. The maximum absolute atomic E-state index is 12.9. The SMILES string of the molecule is CCCC(=O)c1c(C2CC2)sc2nc(Cn3nc(C4CC4)cc3C)cc(=O)n12. The molecule has 0 aromatic carbocycles. The average molecular weight is 397 g/mol. The van der Waals surface area contributed by atoms with E-state index in [2.05, 4.69) is 6.07 Å². The molecule has 2 saturated carbocycles. The molecule has 0 bridgehead atoms. The summed E-state index contributed by atoms with van der Waals surface area (Å²) in [5.74, 6) is 1.08. The molecule has 2 aliphatic rings. The Bertz CT molecular complexity index is 1130. The minimum absolute atomic E-state index is 0.0595. The van der Waals surface area contributed by atoms with Gasteiger partial charge in [0.25, 0.3) is 5.56 Å². The van der Waals surface area contributed by atoms with Gasteiger partial charge in [0.1, 0.15) is 5.69 Å². The zero-order chi connectivity index (χ0) is 19.4. The first-order chi connectivity index (χ1) is 13.5. The van der Waals surface area contributed by atoms with Gasteiger partial charge in [0.15, 0.2) is 10.7 Å². The minimum Gasteiger partial charge on any atom is -0.292 e. The van der Waals surface area contributed by atoms with Crippen molar-refractivity contribution in [2.45, 2.75) is 70.8 Å². The molecule has 0 radical (unpaired) electrons. The largest absolute Gasteiger partial charge is 0.292 e. The molecule has 0 amide bonds. The molecule has 3 aromatic heterocycles. The van der Waals surface area contributed by atoms with Crippen molar-refractivity contribution in [2.75, 3.05) is 0 Å². The van der Waals surface area contributed by atoms with E-state index in [-0.39, 0.29) is 11.3 Å². The number of aryl methyl sites for hydroxylation is 1. The van der Waals surface area contributed by atoms with Crippen LogP contribution in [0.15, 0.2) is 16.9 Å². The van der Waals surface area contributed by atoms with E-state index in [1.807, 2.05) is 18.5 Å². The molecule has 5 rings (SSSR count). The van der Waals surface area contributed by atoms with Gasteiger partial charge in [0, 0.05) is 29.0 Å². The molecule has 3 aromatic rings. The fraction of sp³-hybridized carbons (Fsp3) is 0.524. The zero-order valence-electron chi connectivity index (χ0n) is 16.3. The molecule has 3 heterocycles. The number of ketones is 1. The molecule has 0 spiro atoms. The summed E-state index contributed by atoms with van der Waals surface area (Å²) < 4.78 is 3.48. The molecule has 6 nitrogen and oxygen atoms in total. The van der Waals surface area contributed by atoms with Crippen LogP contribution in [0, 0.1) is 6.92 Å². The summed E-state index contributed by atoms with van der Waals surface area (Å²) in [6.45, 7) is 4.52. The second kappa shape index (κ2) is 6.65. The highest BCUT2D eigenvalue weighted by atomic mass is 32.1. The Kier molecular flexibility index (Phi) is 4.23. The summed E-state index contributed by atoms with van der Waals surface area (Å²) in [6, 6.07) is 3.71. The first kappa shape index (κ1) is 17.8. The van der Waals surface area contributed by atoms with Gasteiger partial charge in [-0.25, -0.2) is 9.38 Å². The van der Waals surface area contributed by atoms with Crippen molar-refractivity contribution in [3.63, 3.8) is 0 Å². The summed E-state index contributed by atoms with van der Waals surface area (Å²) in [5, 5.41) is 4.71. The second-order valence-corrected chi connectivity index (χ2v) is 9.12. The number of aromatic nitrogens is 4. The number of thiazole rings is 1. The normalized spacial score (nSPS) is 16.8. The van der Waals surface area contributed by atoms with Gasteiger partial charge < -0.3 is 0 Å². The monoisotopic (exact) mass is 396 g/mol. The van der Waals surface area contributed by atoms with E-state index in [9.17, 15) is 9.59 Å². The van der Waals surface area contributed by atoms with Crippen molar-refractivity contribution in [1.82, 2.24) is 19.2 Å². The number of Topliss-reactive ketones (excluding diaryl/α,β-unsaturated/α-hetero) is 1. The van der Waals surface area contributed by atoms with Crippen LogP contribution >= 0.6 is 11.3 Å². The number of carbonyl (C=O) groups is 1. The number of nitrogens with zero attached hydrogens (tertiary/aromatic N) is 4. The van der Waals surface area contributed by atoms with Gasteiger partial charge >= 0.3 is 0 Å². The molecule has 0 atom stereocenters. The van der Waals surface area contributed by atoms with Crippen molar-refractivity contribution in [2.24, 2.45) is 0 Å². The minimum atomic E-state index is -0.158. The zero-order valence-corrected chi connectivity index (χ0v) is 17.1. The Morgan fingerprint density at radius 1 is 1.21 bits per heavy atom. The standard InChI is InChI=1S/C21H24N4O2S/c1-3-4-17(26)19-20(14-7-8-14)28-21-22-15(10-18(27)25(19)21)11-24-12(2)9-16(23-24)13-5-6-13/h9-10,13-14H,3-8,11H2,1-2H3. The van der Waals surface area contributed by atoms with E-state index in [0.717, 1.165) is 35.5 Å². The molecular weight excluding hydrogens is 372 g/mol. The maximum atomic E-state index is 12.9. The van der Waals surface area contributed by atoms with Crippen LogP contribution in [0.2, 0.25) is 0 Å². The summed E-state index contributed by atoms with van der Waals surface area (Å²) in [4.78, 5) is 32.1. The summed E-state index contributed by atoms with van der Waals surface area (Å²) in [6.07, 6.45) is 5.87. The van der Waals surface area contributed by atoms with E-state index < -0.39 is 0 Å². The second-order valence-electron chi connectivity index (χ2n) is 8.11. The predicted octanol–water partition coefficient (Wildman–Crippen LogP) is 4.05. The molecule has 2 fully saturated rings. The molecule has 0 unspecified atom stereocenters. The number of rotatable bonds is 7. The van der Waals surface area contributed by atoms with Gasteiger partial charge in [-0.15, -0.1) is 11.3 Å². The average Bonchev–Trinajstić information content (AvgIpc) is 3.57. The van der Waals surface area contributed by atoms with E-state index in [0.29, 0.717) is 41.2 Å². The van der Waals surface area contributed by atoms with Crippen LogP contribution in [0.4, 0.5) is 0 Å². The molecule has 0 aliphatic heterocycles. The molecular formula is C21H24N4O2S. The lowest BCUT2D eigenvalue weighted by Gasteiger charge is -2.05. The molecule has 7 heteroatoms. The van der Waals surface area contributed by atoms with Gasteiger partial charge in [-0.3, -0.25) is 14.3 Å². The Morgan fingerprint density at radius 2 is 1.96 bits per heavy atom. The van der Waals surface area contributed by atoms with Gasteiger partial charge in [-0.05, 0) is 51.0 Å². The topological polar surface area (TPSA) is 69.3 Å². The first-order valence-corrected chi connectivity index (χ1v) is 11.0. The van der Waals surface area contributed by atoms with Gasteiger partial charge in [-0.1, -0.05) is 6.92 Å². The summed E-state index contributed by atoms with van der Waals surface area (Å²) in [5.41, 5.74) is 3.37. The third kappa shape index (κ3) is 3.11. The number of fused-ring (bicyclic) bond motifs is 1. The highest BCUT2D eigenvalue weighted by Crippen LogP contribution is 2.45. The van der Waals surface area contributed by atoms with Crippen LogP contribution in [0.1, 0.15) is 89.7 Å². The Morgan fingerprint density at radius 3 is 2.64 bits per heavy atom. The van der Waals surface area contributed by atoms with Crippen LogP contribution in [0.5, 0.6) is 0 Å². The first-order valence-electron chi connectivity index (χ1n) is 10.2. The van der Waals surface area contributed by atoms with E-state index in [4.69, 9.17) is 10.1 Å². The number of hydrogen-bond acceptors (Lipinski definition) is 5. The third-order valence-corrected chi connectivity index (χ3v) is 6.80. The van der Waals surface area contributed by atoms with E-state index in [1.54, 1.807) is 10.5 Å². The molecule has 146 valence electrons. The molecule has 2 aliphatic carbocycles. The van der Waals surface area contributed by atoms with Gasteiger partial charge in [0.05, 0.1) is 17.9 Å². The maximum Gasteiger partial charge on any atom is 0.259 e. The lowest BCUT2D eigenvalue weighted by Crippen LogP contribution is -2.20. The van der Waals surface area contributed by atoms with Crippen LogP contribution in [-0.4, -0.2) is 24.9 Å². The van der Waals surface area contributed by atoms with Crippen LogP contribution in [0.25, 0.3) is 4.96 Å². The van der Waals surface area contributed by atoms with Crippen molar-refractivity contribution < 1.29 is 4.79 Å². The van der Waals surface area contributed by atoms with Crippen LogP contribution < -0.4 is 5.56 Å². The quantitative estimate of drug-likeness (QED) is 0.565. The predicted molar refractivity (Wildman–Crippen MR) is 109 cm³/mol. The Labute approximate surface area is 167 Å². The summed E-state index contributed by atoms with van der Waals surface area (Å²) in [7, 11) is 0. The fourth-order valence-corrected chi connectivity index (χ4v) is 5.11. The van der Waals surface area contributed by atoms with Crippen molar-refractivity contribution in [1.29, 1.82) is 0 Å². The van der Waals surface area contributed by atoms with Gasteiger partial charge in [-0.2, -0.15) is 5.10 Å². The number of carbonyl (C=O) groups excluding carboxylic acids is 1. The highest BCUT2D eigenvalue weighted by Gasteiger charge is 2.33. The van der Waals surface area contributed by atoms with Crippen molar-refractivity contribution in [3.8, 4) is 0 Å². The van der Waals surface area contributed by atoms with E-state index >= 15 is 0 Å². The molecule has 28 heavy (non-hydrogen) atoms. The van der Waals surface area contributed by atoms with E-state index in [1.165, 1.54) is 24.2 Å². The Balaban J connectivity index is 1.55. The van der Waals surface area contributed by atoms with Crippen molar-refractivity contribution >= 4 is 22.1 Å². The highest BCUT2D eigenvalue weighted by molar-refractivity contribution is 7.17. The molecule has 0 N–H and O–H groups in total. The van der Waals surface area contributed by atoms with Crippen LogP contribution in [-0.2, 0) is 6.54 Å². The number of hydrogen-bond donors (Lipinski definition) is 0. The van der Waals surface area contributed by atoms with Crippen molar-refractivity contribution in [3.05, 3.63) is 50.1 Å². The Hall–Kier alpha value is -2.28. The van der Waals surface area contributed by atoms with Gasteiger partial charge in [0.2, 0.25) is 0 Å². The third-order valence-electron chi connectivity index (χ3n) is 5.60. The fourth-order valence-electron chi connectivity index (χ4n) is 3.78. The smallest absolute Gasteiger partial charge is 0.259 e. The molecule has 0 saturated heterocycles.